The Bertz CT molecular complexity index is 839. The zero-order valence-electron chi connectivity index (χ0n) is 19.3. The van der Waals surface area contributed by atoms with Gasteiger partial charge in [-0.2, -0.15) is 0 Å². The van der Waals surface area contributed by atoms with Crippen molar-refractivity contribution >= 4 is 36.0 Å². The molecule has 2 aromatic rings. The van der Waals surface area contributed by atoms with E-state index in [0.717, 1.165) is 16.7 Å². The lowest BCUT2D eigenvalue weighted by atomic mass is 10.1. The van der Waals surface area contributed by atoms with Crippen molar-refractivity contribution in [3.8, 4) is 0 Å². The van der Waals surface area contributed by atoms with Crippen LogP contribution in [-0.4, -0.2) is 37.8 Å². The maximum Gasteiger partial charge on any atom is 0.407 e. The fourth-order valence-electron chi connectivity index (χ4n) is 2.78. The number of amides is 1. The summed E-state index contributed by atoms with van der Waals surface area (Å²) >= 11 is 0. The lowest BCUT2D eigenvalue weighted by Gasteiger charge is -2.20. The van der Waals surface area contributed by atoms with E-state index in [1.807, 2.05) is 51.1 Å². The van der Waals surface area contributed by atoms with Gasteiger partial charge in [0.2, 0.25) is 0 Å². The summed E-state index contributed by atoms with van der Waals surface area (Å²) in [7, 11) is 1.71. The Morgan fingerprint density at radius 2 is 1.50 bits per heavy atom. The molecule has 0 saturated carbocycles. The van der Waals surface area contributed by atoms with E-state index in [9.17, 15) is 4.79 Å². The van der Waals surface area contributed by atoms with Crippen LogP contribution in [0.1, 0.15) is 37.5 Å². The van der Waals surface area contributed by atoms with E-state index in [1.54, 1.807) is 7.05 Å². The van der Waals surface area contributed by atoms with E-state index in [1.165, 1.54) is 0 Å². The number of carbonyl (C=O) groups is 1. The Labute approximate surface area is 208 Å². The van der Waals surface area contributed by atoms with Crippen LogP contribution in [0.4, 0.5) is 4.79 Å². The first-order valence-electron chi connectivity index (χ1n) is 10.5. The Morgan fingerprint density at radius 1 is 0.875 bits per heavy atom. The molecule has 3 N–H and O–H groups in total. The van der Waals surface area contributed by atoms with Crippen LogP contribution in [0.15, 0.2) is 59.6 Å². The van der Waals surface area contributed by atoms with Crippen molar-refractivity contribution < 1.29 is 14.3 Å². The van der Waals surface area contributed by atoms with Gasteiger partial charge in [-0.15, -0.1) is 24.0 Å². The van der Waals surface area contributed by atoms with Crippen molar-refractivity contribution in [2.45, 2.75) is 46.1 Å². The molecule has 0 aromatic heterocycles. The van der Waals surface area contributed by atoms with Crippen molar-refractivity contribution in [1.82, 2.24) is 16.0 Å². The third-order valence-corrected chi connectivity index (χ3v) is 4.24. The molecule has 1 amide bonds. The van der Waals surface area contributed by atoms with Crippen LogP contribution in [0.5, 0.6) is 0 Å². The lowest BCUT2D eigenvalue weighted by molar-refractivity contribution is 0.0529. The third-order valence-electron chi connectivity index (χ3n) is 4.24. The van der Waals surface area contributed by atoms with Gasteiger partial charge in [0.15, 0.2) is 5.96 Å². The monoisotopic (exact) mass is 554 g/mol. The fourth-order valence-corrected chi connectivity index (χ4v) is 2.78. The molecule has 32 heavy (non-hydrogen) atoms. The number of guanidine groups is 1. The second-order valence-electron chi connectivity index (χ2n) is 8.03. The molecule has 0 unspecified atom stereocenters. The highest BCUT2D eigenvalue weighted by molar-refractivity contribution is 14.0. The summed E-state index contributed by atoms with van der Waals surface area (Å²) < 4.78 is 11.1. The molecule has 2 aromatic carbocycles. The van der Waals surface area contributed by atoms with Gasteiger partial charge in [0.1, 0.15) is 5.60 Å². The molecular formula is C24H35IN4O3. The molecule has 0 saturated heterocycles. The highest BCUT2D eigenvalue weighted by atomic mass is 127. The van der Waals surface area contributed by atoms with Gasteiger partial charge < -0.3 is 25.4 Å². The van der Waals surface area contributed by atoms with Crippen molar-refractivity contribution in [2.24, 2.45) is 4.99 Å². The summed E-state index contributed by atoms with van der Waals surface area (Å²) in [5.74, 6) is 0.658. The summed E-state index contributed by atoms with van der Waals surface area (Å²) in [6, 6.07) is 18.3. The molecule has 0 aliphatic rings. The van der Waals surface area contributed by atoms with E-state index in [0.29, 0.717) is 38.8 Å². The second kappa shape index (κ2) is 14.7. The van der Waals surface area contributed by atoms with E-state index in [2.05, 4.69) is 45.2 Å². The van der Waals surface area contributed by atoms with Crippen molar-refractivity contribution in [2.75, 3.05) is 20.1 Å². The molecule has 0 aliphatic heterocycles. The molecule has 0 fully saturated rings. The second-order valence-corrected chi connectivity index (χ2v) is 8.03. The van der Waals surface area contributed by atoms with Gasteiger partial charge in [0, 0.05) is 26.7 Å². The largest absolute Gasteiger partial charge is 0.444 e. The average molecular weight is 554 g/mol. The van der Waals surface area contributed by atoms with Crippen LogP contribution in [0.25, 0.3) is 0 Å². The van der Waals surface area contributed by atoms with Crippen LogP contribution in [0.2, 0.25) is 0 Å². The van der Waals surface area contributed by atoms with Crippen LogP contribution in [-0.2, 0) is 29.2 Å². The first kappa shape index (κ1) is 27.7. The summed E-state index contributed by atoms with van der Waals surface area (Å²) in [6.45, 7) is 8.20. The number of nitrogens with zero attached hydrogens (tertiary/aromatic N) is 1. The van der Waals surface area contributed by atoms with Gasteiger partial charge in [0.25, 0.3) is 0 Å². The zero-order chi connectivity index (χ0) is 22.5. The quantitative estimate of drug-likeness (QED) is 0.187. The Morgan fingerprint density at radius 3 is 2.16 bits per heavy atom. The van der Waals surface area contributed by atoms with Crippen LogP contribution in [0.3, 0.4) is 0 Å². The first-order valence-corrected chi connectivity index (χ1v) is 10.5. The van der Waals surface area contributed by atoms with Gasteiger partial charge in [-0.25, -0.2) is 4.79 Å². The molecule has 0 bridgehead atoms. The summed E-state index contributed by atoms with van der Waals surface area (Å²) in [6.07, 6.45) is -0.429. The molecule has 0 aliphatic carbocycles. The van der Waals surface area contributed by atoms with Crippen molar-refractivity contribution in [3.63, 3.8) is 0 Å². The number of alkyl carbamates (subject to hydrolysis) is 1. The number of benzene rings is 2. The molecule has 0 radical (unpaired) electrons. The maximum absolute atomic E-state index is 11.7. The minimum absolute atomic E-state index is 0. The Hall–Kier alpha value is -2.33. The Kier molecular flexibility index (Phi) is 12.7. The van der Waals surface area contributed by atoms with E-state index in [-0.39, 0.29) is 24.0 Å². The molecule has 176 valence electrons. The number of nitrogens with one attached hydrogen (secondary N) is 3. The number of carbonyl (C=O) groups excluding carboxylic acids is 1. The number of hydrogen-bond acceptors (Lipinski definition) is 4. The molecule has 7 nitrogen and oxygen atoms in total. The molecule has 8 heteroatoms. The molecule has 2 rings (SSSR count). The molecule has 0 spiro atoms. The normalized spacial score (nSPS) is 11.3. The summed E-state index contributed by atoms with van der Waals surface area (Å²) in [4.78, 5) is 15.9. The number of aliphatic imine (C=N–C) groups is 1. The van der Waals surface area contributed by atoms with Gasteiger partial charge in [-0.3, -0.25) is 4.99 Å². The third kappa shape index (κ3) is 11.3. The number of halogens is 1. The number of ether oxygens (including phenoxy) is 2. The first-order chi connectivity index (χ1) is 14.9. The molecule has 0 atom stereocenters. The minimum Gasteiger partial charge on any atom is -0.444 e. The van der Waals surface area contributed by atoms with Gasteiger partial charge >= 0.3 is 6.09 Å². The van der Waals surface area contributed by atoms with Crippen LogP contribution < -0.4 is 16.0 Å². The zero-order valence-corrected chi connectivity index (χ0v) is 21.6. The number of hydrogen-bond donors (Lipinski definition) is 3. The predicted molar refractivity (Wildman–Crippen MR) is 139 cm³/mol. The molecular weight excluding hydrogens is 519 g/mol. The topological polar surface area (TPSA) is 84.0 Å². The standard InChI is InChI=1S/C24H34N4O3.HI/c1-24(2,3)31-23(29)27-15-14-26-22(25-4)28-16-20-12-8-9-13-21(20)18-30-17-19-10-6-5-7-11-19;/h5-13H,14-18H2,1-4H3,(H,27,29)(H2,25,26,28);1H. The van der Waals surface area contributed by atoms with Crippen molar-refractivity contribution in [1.29, 1.82) is 0 Å². The fraction of sp³-hybridized carbons (Fsp3) is 0.417. The average Bonchev–Trinajstić information content (AvgIpc) is 2.73. The summed E-state index contributed by atoms with van der Waals surface area (Å²) in [5.41, 5.74) is 2.92. The Balaban J connectivity index is 0.00000512. The van der Waals surface area contributed by atoms with E-state index < -0.39 is 11.7 Å². The van der Waals surface area contributed by atoms with Gasteiger partial charge in [-0.1, -0.05) is 54.6 Å². The van der Waals surface area contributed by atoms with Crippen molar-refractivity contribution in [3.05, 3.63) is 71.3 Å². The molecule has 0 heterocycles. The van der Waals surface area contributed by atoms with Gasteiger partial charge in [0.05, 0.1) is 13.2 Å². The lowest BCUT2D eigenvalue weighted by Crippen LogP contribution is -2.42. The minimum atomic E-state index is -0.507. The van der Waals surface area contributed by atoms with Crippen LogP contribution in [0, 0.1) is 0 Å². The summed E-state index contributed by atoms with van der Waals surface area (Å²) in [5, 5.41) is 9.19. The highest BCUT2D eigenvalue weighted by Gasteiger charge is 2.15. The van der Waals surface area contributed by atoms with Gasteiger partial charge in [-0.05, 0) is 37.5 Å². The highest BCUT2D eigenvalue weighted by Crippen LogP contribution is 2.12. The predicted octanol–water partition coefficient (Wildman–Crippen LogP) is 4.21. The van der Waals surface area contributed by atoms with Crippen LogP contribution >= 0.6 is 24.0 Å². The number of rotatable bonds is 9. The maximum atomic E-state index is 11.7. The van der Waals surface area contributed by atoms with E-state index in [4.69, 9.17) is 9.47 Å². The smallest absolute Gasteiger partial charge is 0.407 e. The van der Waals surface area contributed by atoms with E-state index >= 15 is 0 Å². The SMILES string of the molecule is CN=C(NCCNC(=O)OC(C)(C)C)NCc1ccccc1COCc1ccccc1.I.